The summed E-state index contributed by atoms with van der Waals surface area (Å²) in [5.74, 6) is 2.20. The molecule has 0 amide bonds. The Morgan fingerprint density at radius 3 is 2.00 bits per heavy atom. The molecule has 0 bridgehead atoms. The summed E-state index contributed by atoms with van der Waals surface area (Å²) >= 11 is 0. The lowest BCUT2D eigenvalue weighted by molar-refractivity contribution is 0.117. The Morgan fingerprint density at radius 2 is 1.58 bits per heavy atom. The molecule has 0 aliphatic rings. The molecule has 0 spiro atoms. The predicted octanol–water partition coefficient (Wildman–Crippen LogP) is 1.84. The summed E-state index contributed by atoms with van der Waals surface area (Å²) in [7, 11) is 6.58. The molecule has 0 saturated carbocycles. The topological polar surface area (TPSA) is 49.0 Å². The highest BCUT2D eigenvalue weighted by Gasteiger charge is 2.13. The van der Waals surface area contributed by atoms with E-state index in [0.717, 1.165) is 23.6 Å². The molecule has 1 aromatic rings. The van der Waals surface area contributed by atoms with E-state index in [1.54, 1.807) is 28.4 Å². The first kappa shape index (κ1) is 15.6. The minimum atomic E-state index is 0.162. The normalized spacial score (nSPS) is 12.1. The van der Waals surface area contributed by atoms with Crippen molar-refractivity contribution in [1.29, 1.82) is 0 Å². The lowest BCUT2D eigenvalue weighted by Gasteiger charge is -2.16. The lowest BCUT2D eigenvalue weighted by atomic mass is 10.1. The largest absolute Gasteiger partial charge is 0.496 e. The second-order valence-corrected chi connectivity index (χ2v) is 4.19. The molecule has 0 saturated heterocycles. The predicted molar refractivity (Wildman–Crippen MR) is 74.3 cm³/mol. The van der Waals surface area contributed by atoms with Gasteiger partial charge in [-0.3, -0.25) is 0 Å². The average molecular weight is 269 g/mol. The number of hydrogen-bond donors (Lipinski definition) is 1. The van der Waals surface area contributed by atoms with Gasteiger partial charge in [-0.05, 0) is 6.92 Å². The second kappa shape index (κ2) is 7.86. The molecule has 0 fully saturated rings. The van der Waals surface area contributed by atoms with Crippen LogP contribution in [0.25, 0.3) is 0 Å². The summed E-state index contributed by atoms with van der Waals surface area (Å²) in [6.07, 6.45) is 0.162. The minimum Gasteiger partial charge on any atom is -0.496 e. The Morgan fingerprint density at radius 1 is 1.00 bits per heavy atom. The summed E-state index contributed by atoms with van der Waals surface area (Å²) < 4.78 is 21.2. The molecule has 1 atom stereocenters. The zero-order chi connectivity index (χ0) is 14.3. The zero-order valence-corrected chi connectivity index (χ0v) is 12.3. The Bertz CT molecular complexity index is 370. The smallest absolute Gasteiger partial charge is 0.130 e. The van der Waals surface area contributed by atoms with Crippen molar-refractivity contribution in [3.05, 3.63) is 17.7 Å². The summed E-state index contributed by atoms with van der Waals surface area (Å²) in [5, 5.41) is 3.31. The van der Waals surface area contributed by atoms with Crippen molar-refractivity contribution < 1.29 is 18.9 Å². The van der Waals surface area contributed by atoms with Gasteiger partial charge in [-0.1, -0.05) is 0 Å². The van der Waals surface area contributed by atoms with E-state index in [-0.39, 0.29) is 6.10 Å². The van der Waals surface area contributed by atoms with Gasteiger partial charge in [0.05, 0.1) is 33.0 Å². The molecule has 0 aliphatic heterocycles. The Hall–Kier alpha value is -1.46. The van der Waals surface area contributed by atoms with E-state index in [1.165, 1.54) is 0 Å². The molecular formula is C14H23NO4. The Labute approximate surface area is 114 Å². The third-order valence-electron chi connectivity index (χ3n) is 2.95. The maximum atomic E-state index is 5.38. The van der Waals surface area contributed by atoms with Gasteiger partial charge in [0, 0.05) is 32.3 Å². The van der Waals surface area contributed by atoms with Crippen molar-refractivity contribution in [2.75, 3.05) is 35.0 Å². The van der Waals surface area contributed by atoms with E-state index >= 15 is 0 Å². The molecule has 19 heavy (non-hydrogen) atoms. The van der Waals surface area contributed by atoms with Gasteiger partial charge in [-0.25, -0.2) is 0 Å². The van der Waals surface area contributed by atoms with Crippen LogP contribution in [0.5, 0.6) is 17.2 Å². The first-order chi connectivity index (χ1) is 9.15. The van der Waals surface area contributed by atoms with Crippen molar-refractivity contribution in [3.8, 4) is 17.2 Å². The number of nitrogens with one attached hydrogen (secondary N) is 1. The van der Waals surface area contributed by atoms with E-state index in [9.17, 15) is 0 Å². The van der Waals surface area contributed by atoms with Gasteiger partial charge in [-0.15, -0.1) is 0 Å². The van der Waals surface area contributed by atoms with Crippen molar-refractivity contribution in [3.63, 3.8) is 0 Å². The lowest BCUT2D eigenvalue weighted by Crippen LogP contribution is -2.25. The van der Waals surface area contributed by atoms with Gasteiger partial charge in [0.2, 0.25) is 0 Å². The fraction of sp³-hybridized carbons (Fsp3) is 0.571. The van der Waals surface area contributed by atoms with Gasteiger partial charge in [0.1, 0.15) is 17.2 Å². The van der Waals surface area contributed by atoms with Crippen LogP contribution in [0.15, 0.2) is 12.1 Å². The van der Waals surface area contributed by atoms with Crippen LogP contribution in [0.1, 0.15) is 12.5 Å². The number of benzene rings is 1. The van der Waals surface area contributed by atoms with E-state index < -0.39 is 0 Å². The third-order valence-corrected chi connectivity index (χ3v) is 2.95. The van der Waals surface area contributed by atoms with E-state index in [0.29, 0.717) is 12.3 Å². The fourth-order valence-corrected chi connectivity index (χ4v) is 1.74. The standard InChI is InChI=1S/C14H23NO4/c1-10(16-2)8-15-9-12-13(18-4)6-11(17-3)7-14(12)19-5/h6-7,10,15H,8-9H2,1-5H3. The van der Waals surface area contributed by atoms with Crippen LogP contribution in [0.4, 0.5) is 0 Å². The maximum absolute atomic E-state index is 5.38. The van der Waals surface area contributed by atoms with Crippen LogP contribution in [-0.2, 0) is 11.3 Å². The highest BCUT2D eigenvalue weighted by atomic mass is 16.5. The second-order valence-electron chi connectivity index (χ2n) is 4.19. The van der Waals surface area contributed by atoms with E-state index in [1.807, 2.05) is 19.1 Å². The number of rotatable bonds is 8. The molecule has 1 rings (SSSR count). The highest BCUT2D eigenvalue weighted by molar-refractivity contribution is 5.50. The van der Waals surface area contributed by atoms with E-state index in [4.69, 9.17) is 18.9 Å². The zero-order valence-electron chi connectivity index (χ0n) is 12.3. The molecule has 1 N–H and O–H groups in total. The van der Waals surface area contributed by atoms with Gasteiger partial charge in [0.15, 0.2) is 0 Å². The molecular weight excluding hydrogens is 246 g/mol. The molecule has 5 heteroatoms. The first-order valence-electron chi connectivity index (χ1n) is 6.18. The average Bonchev–Trinajstić information content (AvgIpc) is 2.46. The number of ether oxygens (including phenoxy) is 4. The van der Waals surface area contributed by atoms with Crippen molar-refractivity contribution >= 4 is 0 Å². The monoisotopic (exact) mass is 269 g/mol. The fourth-order valence-electron chi connectivity index (χ4n) is 1.74. The van der Waals surface area contributed by atoms with Crippen molar-refractivity contribution in [1.82, 2.24) is 5.32 Å². The quantitative estimate of drug-likeness (QED) is 0.780. The molecule has 0 aliphatic carbocycles. The summed E-state index contributed by atoms with van der Waals surface area (Å²) in [6.45, 7) is 3.41. The van der Waals surface area contributed by atoms with Gasteiger partial charge in [-0.2, -0.15) is 0 Å². The maximum Gasteiger partial charge on any atom is 0.130 e. The molecule has 0 aromatic heterocycles. The summed E-state index contributed by atoms with van der Waals surface area (Å²) in [4.78, 5) is 0. The van der Waals surface area contributed by atoms with Crippen LogP contribution in [0.2, 0.25) is 0 Å². The van der Waals surface area contributed by atoms with Gasteiger partial charge >= 0.3 is 0 Å². The van der Waals surface area contributed by atoms with Crippen LogP contribution < -0.4 is 19.5 Å². The number of methoxy groups -OCH3 is 4. The molecule has 5 nitrogen and oxygen atoms in total. The van der Waals surface area contributed by atoms with Crippen LogP contribution >= 0.6 is 0 Å². The third kappa shape index (κ3) is 4.29. The molecule has 108 valence electrons. The minimum absolute atomic E-state index is 0.162. The summed E-state index contributed by atoms with van der Waals surface area (Å²) in [5.41, 5.74) is 0.967. The highest BCUT2D eigenvalue weighted by Crippen LogP contribution is 2.33. The van der Waals surface area contributed by atoms with Crippen LogP contribution in [0, 0.1) is 0 Å². The van der Waals surface area contributed by atoms with Crippen LogP contribution in [0.3, 0.4) is 0 Å². The van der Waals surface area contributed by atoms with Gasteiger partial charge < -0.3 is 24.3 Å². The van der Waals surface area contributed by atoms with Crippen molar-refractivity contribution in [2.45, 2.75) is 19.6 Å². The number of hydrogen-bond acceptors (Lipinski definition) is 5. The Kier molecular flexibility index (Phi) is 6.45. The summed E-state index contributed by atoms with van der Waals surface area (Å²) in [6, 6.07) is 3.69. The molecule has 0 radical (unpaired) electrons. The Balaban J connectivity index is 2.85. The molecule has 1 unspecified atom stereocenters. The molecule has 0 heterocycles. The van der Waals surface area contributed by atoms with Crippen molar-refractivity contribution in [2.24, 2.45) is 0 Å². The van der Waals surface area contributed by atoms with Gasteiger partial charge in [0.25, 0.3) is 0 Å². The van der Waals surface area contributed by atoms with Crippen LogP contribution in [-0.4, -0.2) is 41.1 Å². The molecule has 1 aromatic carbocycles. The van der Waals surface area contributed by atoms with E-state index in [2.05, 4.69) is 5.32 Å². The SMILES string of the molecule is COc1cc(OC)c(CNCC(C)OC)c(OC)c1. The first-order valence-corrected chi connectivity index (χ1v) is 6.18.